The van der Waals surface area contributed by atoms with E-state index in [4.69, 9.17) is 28.9 Å². The van der Waals surface area contributed by atoms with Crippen LogP contribution in [0.25, 0.3) is 0 Å². The maximum Gasteiger partial charge on any atom is 0.222 e. The molecule has 1 heterocycles. The molecule has 0 unspecified atom stereocenters. The molecule has 0 saturated carbocycles. The molecule has 88 valence electrons. The van der Waals surface area contributed by atoms with Gasteiger partial charge in [0.15, 0.2) is 11.6 Å². The van der Waals surface area contributed by atoms with Gasteiger partial charge in [0, 0.05) is 5.02 Å². The zero-order chi connectivity index (χ0) is 12.4. The van der Waals surface area contributed by atoms with Crippen LogP contribution in [0.3, 0.4) is 0 Å². The fourth-order valence-corrected chi connectivity index (χ4v) is 1.64. The van der Waals surface area contributed by atoms with Gasteiger partial charge in [-0.1, -0.05) is 23.2 Å². The number of hydrogen-bond acceptors (Lipinski definition) is 4. The van der Waals surface area contributed by atoms with Crippen LogP contribution in [0.5, 0.6) is 0 Å². The predicted octanol–water partition coefficient (Wildman–Crippen LogP) is 3.25. The standard InChI is InChI=1S/C10H7Cl2FN4/c11-5-1-2-8(6(12)3-5)16-9-7(13)4-15-10(14)17-9/h1-4H,(H3,14,15,16,17). The molecule has 0 bridgehead atoms. The lowest BCUT2D eigenvalue weighted by atomic mass is 10.3. The molecule has 0 spiro atoms. The average molecular weight is 273 g/mol. The molecular formula is C10H7Cl2FN4. The molecule has 3 N–H and O–H groups in total. The average Bonchev–Trinajstić information content (AvgIpc) is 2.27. The Balaban J connectivity index is 2.34. The Morgan fingerprint density at radius 2 is 2.06 bits per heavy atom. The second-order valence-electron chi connectivity index (χ2n) is 3.17. The van der Waals surface area contributed by atoms with Crippen LogP contribution in [0.15, 0.2) is 24.4 Å². The normalized spacial score (nSPS) is 10.3. The molecule has 0 radical (unpaired) electrons. The molecule has 7 heteroatoms. The van der Waals surface area contributed by atoms with Crippen LogP contribution < -0.4 is 11.1 Å². The van der Waals surface area contributed by atoms with Gasteiger partial charge in [0.1, 0.15) is 0 Å². The van der Waals surface area contributed by atoms with E-state index in [0.717, 1.165) is 6.20 Å². The lowest BCUT2D eigenvalue weighted by molar-refractivity contribution is 0.620. The topological polar surface area (TPSA) is 63.8 Å². The monoisotopic (exact) mass is 272 g/mol. The number of anilines is 3. The number of aromatic nitrogens is 2. The highest BCUT2D eigenvalue weighted by Crippen LogP contribution is 2.28. The highest BCUT2D eigenvalue weighted by molar-refractivity contribution is 6.36. The number of benzene rings is 1. The molecular weight excluding hydrogens is 266 g/mol. The predicted molar refractivity (Wildman–Crippen MR) is 66.1 cm³/mol. The van der Waals surface area contributed by atoms with Crippen molar-refractivity contribution < 1.29 is 4.39 Å². The Morgan fingerprint density at radius 1 is 1.29 bits per heavy atom. The largest absolute Gasteiger partial charge is 0.368 e. The van der Waals surface area contributed by atoms with Gasteiger partial charge in [0.2, 0.25) is 5.95 Å². The van der Waals surface area contributed by atoms with Crippen LogP contribution in [-0.4, -0.2) is 9.97 Å². The number of nitrogens with two attached hydrogens (primary N) is 1. The maximum absolute atomic E-state index is 13.4. The van der Waals surface area contributed by atoms with E-state index in [2.05, 4.69) is 15.3 Å². The van der Waals surface area contributed by atoms with Crippen LogP contribution in [0.4, 0.5) is 21.8 Å². The van der Waals surface area contributed by atoms with E-state index in [1.54, 1.807) is 12.1 Å². The van der Waals surface area contributed by atoms with Crippen molar-refractivity contribution in [3.05, 3.63) is 40.3 Å². The Kier molecular flexibility index (Phi) is 3.31. The first-order valence-corrected chi connectivity index (χ1v) is 5.32. The number of nitrogens with zero attached hydrogens (tertiary/aromatic N) is 2. The first kappa shape index (κ1) is 11.9. The second kappa shape index (κ2) is 4.73. The van der Waals surface area contributed by atoms with Crippen LogP contribution in [0.1, 0.15) is 0 Å². The summed E-state index contributed by atoms with van der Waals surface area (Å²) in [6.45, 7) is 0. The van der Waals surface area contributed by atoms with Gasteiger partial charge in [-0.15, -0.1) is 0 Å². The Labute approximate surface area is 107 Å². The van der Waals surface area contributed by atoms with E-state index in [-0.39, 0.29) is 11.8 Å². The third kappa shape index (κ3) is 2.75. The van der Waals surface area contributed by atoms with Gasteiger partial charge in [-0.05, 0) is 18.2 Å². The molecule has 0 atom stereocenters. The van der Waals surface area contributed by atoms with Crippen LogP contribution >= 0.6 is 23.2 Å². The first-order valence-electron chi connectivity index (χ1n) is 4.56. The Bertz CT molecular complexity index is 562. The van der Waals surface area contributed by atoms with E-state index in [0.29, 0.717) is 15.7 Å². The Morgan fingerprint density at radius 3 is 2.76 bits per heavy atom. The lowest BCUT2D eigenvalue weighted by Gasteiger charge is -2.08. The van der Waals surface area contributed by atoms with Crippen LogP contribution in [0, 0.1) is 5.82 Å². The molecule has 4 nitrogen and oxygen atoms in total. The molecule has 17 heavy (non-hydrogen) atoms. The van der Waals surface area contributed by atoms with E-state index >= 15 is 0 Å². The van der Waals surface area contributed by atoms with Gasteiger partial charge < -0.3 is 11.1 Å². The SMILES string of the molecule is Nc1ncc(F)c(Nc2ccc(Cl)cc2Cl)n1. The van der Waals surface area contributed by atoms with Crippen molar-refractivity contribution in [2.45, 2.75) is 0 Å². The summed E-state index contributed by atoms with van der Waals surface area (Å²) in [4.78, 5) is 7.24. The first-order chi connectivity index (χ1) is 8.06. The molecule has 1 aromatic carbocycles. The number of nitrogen functional groups attached to an aromatic ring is 1. The minimum Gasteiger partial charge on any atom is -0.368 e. The van der Waals surface area contributed by atoms with Gasteiger partial charge in [-0.2, -0.15) is 4.98 Å². The van der Waals surface area contributed by atoms with Gasteiger partial charge in [0.25, 0.3) is 0 Å². The summed E-state index contributed by atoms with van der Waals surface area (Å²) in [5.41, 5.74) is 5.84. The van der Waals surface area contributed by atoms with Crippen molar-refractivity contribution in [2.75, 3.05) is 11.1 Å². The van der Waals surface area contributed by atoms with Crippen molar-refractivity contribution >= 4 is 40.7 Å². The number of hydrogen-bond donors (Lipinski definition) is 2. The van der Waals surface area contributed by atoms with Gasteiger partial charge in [-0.3, -0.25) is 0 Å². The fraction of sp³-hybridized carbons (Fsp3) is 0. The summed E-state index contributed by atoms with van der Waals surface area (Å²) in [6.07, 6.45) is 0.981. The molecule has 0 amide bonds. The summed E-state index contributed by atoms with van der Waals surface area (Å²) in [5.74, 6) is -0.689. The summed E-state index contributed by atoms with van der Waals surface area (Å²) in [5, 5.41) is 3.56. The summed E-state index contributed by atoms with van der Waals surface area (Å²) >= 11 is 11.7. The van der Waals surface area contributed by atoms with Crippen LogP contribution in [-0.2, 0) is 0 Å². The van der Waals surface area contributed by atoms with E-state index < -0.39 is 5.82 Å². The van der Waals surface area contributed by atoms with Crippen LogP contribution in [0.2, 0.25) is 10.0 Å². The zero-order valence-electron chi connectivity index (χ0n) is 8.42. The maximum atomic E-state index is 13.4. The van der Waals surface area contributed by atoms with Gasteiger partial charge >= 0.3 is 0 Å². The van der Waals surface area contributed by atoms with Gasteiger partial charge in [0.05, 0.1) is 16.9 Å². The van der Waals surface area contributed by atoms with Gasteiger partial charge in [-0.25, -0.2) is 9.37 Å². The lowest BCUT2D eigenvalue weighted by Crippen LogP contribution is -2.02. The number of nitrogens with one attached hydrogen (secondary N) is 1. The minimum absolute atomic E-state index is 0.0287. The zero-order valence-corrected chi connectivity index (χ0v) is 9.93. The van der Waals surface area contributed by atoms with E-state index in [1.807, 2.05) is 0 Å². The highest BCUT2D eigenvalue weighted by atomic mass is 35.5. The van der Waals surface area contributed by atoms with Crippen molar-refractivity contribution in [3.63, 3.8) is 0 Å². The fourth-order valence-electron chi connectivity index (χ4n) is 1.19. The van der Waals surface area contributed by atoms with E-state index in [1.165, 1.54) is 6.07 Å². The number of rotatable bonds is 2. The molecule has 0 saturated heterocycles. The number of halogens is 3. The van der Waals surface area contributed by atoms with Crippen molar-refractivity contribution in [2.24, 2.45) is 0 Å². The third-order valence-corrected chi connectivity index (χ3v) is 2.49. The quantitative estimate of drug-likeness (QED) is 0.881. The third-order valence-electron chi connectivity index (χ3n) is 1.95. The second-order valence-corrected chi connectivity index (χ2v) is 4.02. The van der Waals surface area contributed by atoms with E-state index in [9.17, 15) is 4.39 Å². The Hall–Kier alpha value is -1.59. The summed E-state index contributed by atoms with van der Waals surface area (Å²) in [7, 11) is 0. The van der Waals surface area contributed by atoms with Crippen molar-refractivity contribution in [1.29, 1.82) is 0 Å². The highest BCUT2D eigenvalue weighted by Gasteiger charge is 2.08. The van der Waals surface area contributed by atoms with Crippen molar-refractivity contribution in [3.8, 4) is 0 Å². The molecule has 0 fully saturated rings. The molecule has 1 aromatic heterocycles. The molecule has 2 aromatic rings. The summed E-state index contributed by atoms with van der Waals surface area (Å²) in [6, 6.07) is 4.77. The molecule has 0 aliphatic carbocycles. The summed E-state index contributed by atoms with van der Waals surface area (Å²) < 4.78 is 13.4. The smallest absolute Gasteiger partial charge is 0.222 e. The van der Waals surface area contributed by atoms with Crippen molar-refractivity contribution in [1.82, 2.24) is 9.97 Å². The minimum atomic E-state index is -0.620. The molecule has 2 rings (SSSR count). The molecule has 0 aliphatic heterocycles. The molecule has 0 aliphatic rings.